The standard InChI is InChI=1S/C27H43N7O7.C2HF3O2/c1-3-4-9-41-26-31-24(28)23-25(32-26)34(27(36)30-23)20-22-6-5-21(18-29-22)19-33(2)7-10-37-12-14-39-16-17-40-15-13-38-11-8-35;3-2(4,5)1(6)7/h5-6,18,35H,3-4,7-17,19-20H2,1-2H3,(H,30,36)(H2,28,31,32);(H,6,7). The zero-order chi connectivity index (χ0) is 35.4. The minimum absolute atomic E-state index is 0.0190. The highest BCUT2D eigenvalue weighted by Crippen LogP contribution is 2.18. The number of aliphatic hydroxyl groups is 1. The van der Waals surface area contributed by atoms with Crippen molar-refractivity contribution in [2.24, 2.45) is 0 Å². The van der Waals surface area contributed by atoms with E-state index in [-0.39, 0.29) is 30.7 Å². The summed E-state index contributed by atoms with van der Waals surface area (Å²) in [6.45, 7) is 8.14. The molecule has 0 bridgehead atoms. The van der Waals surface area contributed by atoms with E-state index in [4.69, 9.17) is 44.4 Å². The summed E-state index contributed by atoms with van der Waals surface area (Å²) in [5, 5.41) is 15.7. The van der Waals surface area contributed by atoms with E-state index in [0.29, 0.717) is 82.9 Å². The molecule has 0 aliphatic rings. The van der Waals surface area contributed by atoms with E-state index in [1.54, 1.807) is 0 Å². The lowest BCUT2D eigenvalue weighted by atomic mass is 10.2. The van der Waals surface area contributed by atoms with Gasteiger partial charge in [-0.05, 0) is 25.1 Å². The predicted molar refractivity (Wildman–Crippen MR) is 167 cm³/mol. The zero-order valence-corrected chi connectivity index (χ0v) is 27.0. The summed E-state index contributed by atoms with van der Waals surface area (Å²) >= 11 is 0. The number of halogens is 3. The van der Waals surface area contributed by atoms with Crippen LogP contribution in [0.5, 0.6) is 6.01 Å². The molecule has 48 heavy (non-hydrogen) atoms. The SMILES string of the molecule is CCCCOc1nc(N)c2[nH]c(=O)n(Cc3ccc(CN(C)CCOCCOCCOCCOCCO)cn3)c2n1.O=C(O)C(F)(F)F. The molecule has 0 aliphatic heterocycles. The number of carboxylic acid groups (broad SMARTS) is 1. The Morgan fingerprint density at radius 3 is 2.15 bits per heavy atom. The molecule has 270 valence electrons. The van der Waals surface area contributed by atoms with Gasteiger partial charge in [-0.25, -0.2) is 9.59 Å². The number of unbranched alkanes of at least 4 members (excludes halogenated alkanes) is 1. The van der Waals surface area contributed by atoms with Crippen LogP contribution in [0.1, 0.15) is 31.0 Å². The average molecular weight is 692 g/mol. The third kappa shape index (κ3) is 15.3. The highest BCUT2D eigenvalue weighted by molar-refractivity contribution is 5.81. The summed E-state index contributed by atoms with van der Waals surface area (Å²) in [4.78, 5) is 39.5. The Bertz CT molecular complexity index is 1410. The molecule has 0 atom stereocenters. The lowest BCUT2D eigenvalue weighted by molar-refractivity contribution is -0.192. The van der Waals surface area contributed by atoms with Gasteiger partial charge in [0.15, 0.2) is 11.5 Å². The molecule has 0 fully saturated rings. The van der Waals surface area contributed by atoms with Crippen molar-refractivity contribution < 1.29 is 51.9 Å². The number of nitrogen functional groups attached to an aromatic ring is 1. The summed E-state index contributed by atoms with van der Waals surface area (Å²) in [5.74, 6) is -2.59. The minimum atomic E-state index is -5.08. The Kier molecular flexibility index (Phi) is 18.4. The first kappa shape index (κ1) is 40.3. The quantitative estimate of drug-likeness (QED) is 0.110. The first-order valence-electron chi connectivity index (χ1n) is 15.2. The number of likely N-dealkylation sites (N-methyl/N-ethyl adjacent to an activating group) is 1. The van der Waals surface area contributed by atoms with Crippen molar-refractivity contribution in [1.29, 1.82) is 0 Å². The van der Waals surface area contributed by atoms with Crippen LogP contribution in [0.25, 0.3) is 11.2 Å². The molecule has 0 amide bonds. The van der Waals surface area contributed by atoms with Crippen molar-refractivity contribution in [3.8, 4) is 6.01 Å². The molecule has 0 radical (unpaired) electrons. The average Bonchev–Trinajstić information content (AvgIpc) is 3.35. The summed E-state index contributed by atoms with van der Waals surface area (Å²) in [6.07, 6.45) is -1.42. The zero-order valence-electron chi connectivity index (χ0n) is 27.0. The number of aromatic nitrogens is 5. The van der Waals surface area contributed by atoms with Gasteiger partial charge in [-0.15, -0.1) is 0 Å². The van der Waals surface area contributed by atoms with Crippen molar-refractivity contribution in [1.82, 2.24) is 29.4 Å². The molecule has 3 aromatic heterocycles. The number of rotatable bonds is 22. The molecule has 0 unspecified atom stereocenters. The third-order valence-electron chi connectivity index (χ3n) is 6.23. The highest BCUT2D eigenvalue weighted by Gasteiger charge is 2.38. The fraction of sp³-hybridized carbons (Fsp3) is 0.621. The maximum absolute atomic E-state index is 12.6. The van der Waals surface area contributed by atoms with Gasteiger partial charge in [0.25, 0.3) is 0 Å². The second-order valence-electron chi connectivity index (χ2n) is 10.2. The number of alkyl halides is 3. The smallest absolute Gasteiger partial charge is 0.475 e. The van der Waals surface area contributed by atoms with Gasteiger partial charge in [0.2, 0.25) is 0 Å². The van der Waals surface area contributed by atoms with Crippen LogP contribution in [0.15, 0.2) is 23.1 Å². The number of aliphatic hydroxyl groups excluding tert-OH is 1. The number of carbonyl (C=O) groups is 1. The van der Waals surface area contributed by atoms with Crippen molar-refractivity contribution in [3.05, 3.63) is 40.1 Å². The van der Waals surface area contributed by atoms with Crippen molar-refractivity contribution >= 4 is 23.0 Å². The van der Waals surface area contributed by atoms with Crippen LogP contribution in [0, 0.1) is 0 Å². The van der Waals surface area contributed by atoms with Crippen molar-refractivity contribution in [3.63, 3.8) is 0 Å². The normalized spacial score (nSPS) is 11.6. The van der Waals surface area contributed by atoms with E-state index in [2.05, 4.69) is 31.8 Å². The molecule has 3 aromatic rings. The monoisotopic (exact) mass is 691 g/mol. The number of H-pyrrole nitrogens is 1. The molecule has 19 heteroatoms. The van der Waals surface area contributed by atoms with Gasteiger partial charge >= 0.3 is 23.8 Å². The maximum Gasteiger partial charge on any atom is 0.490 e. The van der Waals surface area contributed by atoms with Gasteiger partial charge < -0.3 is 44.6 Å². The van der Waals surface area contributed by atoms with Gasteiger partial charge in [0.05, 0.1) is 78.3 Å². The first-order chi connectivity index (χ1) is 23.0. The van der Waals surface area contributed by atoms with E-state index < -0.39 is 12.1 Å². The minimum Gasteiger partial charge on any atom is -0.475 e. The third-order valence-corrected chi connectivity index (χ3v) is 6.23. The summed E-state index contributed by atoms with van der Waals surface area (Å²) in [6, 6.07) is 4.05. The Labute approximate surface area is 274 Å². The van der Waals surface area contributed by atoms with E-state index in [1.807, 2.05) is 25.4 Å². The second kappa shape index (κ2) is 21.9. The number of nitrogens with one attached hydrogen (secondary N) is 1. The summed E-state index contributed by atoms with van der Waals surface area (Å²) in [5.41, 5.74) is 8.24. The Balaban J connectivity index is 0.00000103. The number of pyridine rings is 1. The predicted octanol–water partition coefficient (Wildman–Crippen LogP) is 1.45. The number of aromatic amines is 1. The van der Waals surface area contributed by atoms with Crippen LogP contribution < -0.4 is 16.2 Å². The van der Waals surface area contributed by atoms with Gasteiger partial charge in [-0.3, -0.25) is 14.5 Å². The highest BCUT2D eigenvalue weighted by atomic mass is 19.4. The molecule has 0 spiro atoms. The van der Waals surface area contributed by atoms with Crippen molar-refractivity contribution in [2.75, 3.05) is 85.4 Å². The molecule has 0 aliphatic carbocycles. The number of carboxylic acids is 1. The van der Waals surface area contributed by atoms with E-state index in [9.17, 15) is 18.0 Å². The van der Waals surface area contributed by atoms with Crippen LogP contribution in [0.4, 0.5) is 19.0 Å². The number of hydrogen-bond acceptors (Lipinski definition) is 13. The number of nitrogens with zero attached hydrogens (tertiary/aromatic N) is 5. The Morgan fingerprint density at radius 2 is 1.60 bits per heavy atom. The number of ether oxygens (including phenoxy) is 5. The Morgan fingerprint density at radius 1 is 1.00 bits per heavy atom. The van der Waals surface area contributed by atoms with Crippen LogP contribution in [0.2, 0.25) is 0 Å². The molecule has 16 nitrogen and oxygen atoms in total. The van der Waals surface area contributed by atoms with E-state index in [0.717, 1.165) is 24.9 Å². The van der Waals surface area contributed by atoms with E-state index in [1.165, 1.54) is 4.57 Å². The number of anilines is 1. The second-order valence-corrected chi connectivity index (χ2v) is 10.2. The summed E-state index contributed by atoms with van der Waals surface area (Å²) < 4.78 is 60.4. The van der Waals surface area contributed by atoms with Gasteiger partial charge in [0.1, 0.15) is 5.52 Å². The number of hydrogen-bond donors (Lipinski definition) is 4. The summed E-state index contributed by atoms with van der Waals surface area (Å²) in [7, 11) is 2.02. The van der Waals surface area contributed by atoms with Crippen LogP contribution in [-0.2, 0) is 36.8 Å². The molecular formula is C29H44F3N7O9. The fourth-order valence-electron chi connectivity index (χ4n) is 3.79. The number of aliphatic carboxylic acids is 1. The van der Waals surface area contributed by atoms with Crippen LogP contribution in [-0.4, -0.2) is 131 Å². The maximum atomic E-state index is 12.6. The topological polar surface area (TPSA) is 209 Å². The molecule has 3 heterocycles. The van der Waals surface area contributed by atoms with Crippen LogP contribution >= 0.6 is 0 Å². The fourth-order valence-corrected chi connectivity index (χ4v) is 3.79. The van der Waals surface area contributed by atoms with Crippen molar-refractivity contribution in [2.45, 2.75) is 39.0 Å². The van der Waals surface area contributed by atoms with E-state index >= 15 is 0 Å². The van der Waals surface area contributed by atoms with Gasteiger partial charge in [0, 0.05) is 19.3 Å². The van der Waals surface area contributed by atoms with Gasteiger partial charge in [-0.2, -0.15) is 23.1 Å². The Hall–Kier alpha value is -3.88. The molecular weight excluding hydrogens is 647 g/mol. The lowest BCUT2D eigenvalue weighted by Gasteiger charge is -2.16. The number of fused-ring (bicyclic) bond motifs is 1. The lowest BCUT2D eigenvalue weighted by Crippen LogP contribution is -2.23. The first-order valence-corrected chi connectivity index (χ1v) is 15.2. The van der Waals surface area contributed by atoms with Crippen LogP contribution in [0.3, 0.4) is 0 Å². The molecule has 3 rings (SSSR count). The molecule has 0 saturated carbocycles. The molecule has 0 saturated heterocycles. The number of imidazole rings is 1. The number of nitrogens with two attached hydrogens (primary N) is 1. The molecule has 0 aromatic carbocycles. The molecule has 5 N–H and O–H groups in total. The largest absolute Gasteiger partial charge is 0.490 e. The van der Waals surface area contributed by atoms with Gasteiger partial charge in [-0.1, -0.05) is 19.4 Å².